The van der Waals surface area contributed by atoms with Crippen LogP contribution in [0.25, 0.3) is 0 Å². The summed E-state index contributed by atoms with van der Waals surface area (Å²) in [5.74, 6) is 0.553. The first-order chi connectivity index (χ1) is 9.20. The second kappa shape index (κ2) is 7.04. The summed E-state index contributed by atoms with van der Waals surface area (Å²) in [4.78, 5) is 0. The van der Waals surface area contributed by atoms with Crippen molar-refractivity contribution in [2.45, 2.75) is 56.7 Å². The van der Waals surface area contributed by atoms with Crippen LogP contribution in [0.1, 0.15) is 44.6 Å². The molecule has 19 heavy (non-hydrogen) atoms. The van der Waals surface area contributed by atoms with Crippen LogP contribution in [-0.4, -0.2) is 8.80 Å². The van der Waals surface area contributed by atoms with Gasteiger partial charge in [-0.1, -0.05) is 50.2 Å². The van der Waals surface area contributed by atoms with E-state index in [0.717, 1.165) is 12.0 Å². The molecule has 1 atom stereocenters. The maximum Gasteiger partial charge on any atom is 0.123 e. The molecule has 104 valence electrons. The molecule has 1 aliphatic rings. The molecular weight excluding hydrogens is 251 g/mol. The van der Waals surface area contributed by atoms with E-state index in [1.54, 1.807) is 12.1 Å². The van der Waals surface area contributed by atoms with E-state index < -0.39 is 8.80 Å². The highest BCUT2D eigenvalue weighted by atomic mass is 28.3. The number of halogens is 1. The first-order valence-corrected chi connectivity index (χ1v) is 9.92. The molecule has 2 rings (SSSR count). The first-order valence-electron chi connectivity index (χ1n) is 7.62. The Hall–Kier alpha value is -0.893. The van der Waals surface area contributed by atoms with Crippen molar-refractivity contribution in [2.75, 3.05) is 0 Å². The van der Waals surface area contributed by atoms with Crippen molar-refractivity contribution in [1.29, 1.82) is 0 Å². The summed E-state index contributed by atoms with van der Waals surface area (Å²) in [6, 6.07) is 10.0. The van der Waals surface area contributed by atoms with Crippen LogP contribution in [-0.2, 0) is 0 Å². The molecule has 1 fully saturated rings. The highest BCUT2D eigenvalue weighted by molar-refractivity contribution is 6.61. The molecule has 1 aromatic rings. The first kappa shape index (κ1) is 14.5. The van der Waals surface area contributed by atoms with Gasteiger partial charge in [0, 0.05) is 8.80 Å². The summed E-state index contributed by atoms with van der Waals surface area (Å²) in [6.45, 7) is 4.61. The Morgan fingerprint density at radius 3 is 2.47 bits per heavy atom. The maximum atomic E-state index is 12.9. The van der Waals surface area contributed by atoms with Crippen LogP contribution in [0.15, 0.2) is 36.4 Å². The molecule has 0 aromatic heterocycles. The number of benzene rings is 1. The Morgan fingerprint density at radius 2 is 1.89 bits per heavy atom. The Kier molecular flexibility index (Phi) is 5.38. The lowest BCUT2D eigenvalue weighted by Crippen LogP contribution is -2.23. The summed E-state index contributed by atoms with van der Waals surface area (Å²) in [5, 5.41) is 0. The fourth-order valence-corrected chi connectivity index (χ4v) is 6.69. The minimum absolute atomic E-state index is 0.120. The average molecular weight is 276 g/mol. The summed E-state index contributed by atoms with van der Waals surface area (Å²) in [7, 11) is -0.585. The normalized spacial score (nSPS) is 25.6. The zero-order chi connectivity index (χ0) is 13.7. The summed E-state index contributed by atoms with van der Waals surface area (Å²) < 4.78 is 12.9. The predicted molar refractivity (Wildman–Crippen MR) is 84.0 cm³/mol. The topological polar surface area (TPSA) is 0 Å². The van der Waals surface area contributed by atoms with Crippen molar-refractivity contribution in [3.05, 3.63) is 47.8 Å². The van der Waals surface area contributed by atoms with E-state index in [4.69, 9.17) is 0 Å². The average Bonchev–Trinajstić information content (AvgIpc) is 2.46. The van der Waals surface area contributed by atoms with Crippen molar-refractivity contribution in [3.8, 4) is 0 Å². The van der Waals surface area contributed by atoms with E-state index >= 15 is 0 Å². The van der Waals surface area contributed by atoms with Gasteiger partial charge in [0.25, 0.3) is 0 Å². The zero-order valence-electron chi connectivity index (χ0n) is 12.1. The largest absolute Gasteiger partial charge is 0.207 e. The predicted octanol–water partition coefficient (Wildman–Crippen LogP) is 5.29. The fraction of sp³-hybridized carbons (Fsp3) is 0.529. The highest BCUT2D eigenvalue weighted by Crippen LogP contribution is 2.37. The standard InChI is InChI=1S/C17H25FSi/c1-3-4-5-14(2)19-12-10-16(11-13-19)15-6-8-17(18)9-7-15/h4-9,14,16,19H,3,10-13H2,1-2H3. The maximum absolute atomic E-state index is 12.9. The molecule has 0 radical (unpaired) electrons. The molecule has 0 aliphatic carbocycles. The van der Waals surface area contributed by atoms with E-state index in [1.807, 2.05) is 12.1 Å². The fourth-order valence-electron chi connectivity index (χ4n) is 3.22. The van der Waals surface area contributed by atoms with Gasteiger partial charge in [0.15, 0.2) is 0 Å². The lowest BCUT2D eigenvalue weighted by Gasteiger charge is -2.30. The van der Waals surface area contributed by atoms with Crippen LogP contribution in [0, 0.1) is 5.82 Å². The SMILES string of the molecule is CCC=CC(C)[SiH]1CCC(c2ccc(F)cc2)CC1. The van der Waals surface area contributed by atoms with Gasteiger partial charge in [-0.25, -0.2) is 4.39 Å². The van der Waals surface area contributed by atoms with Gasteiger partial charge in [-0.3, -0.25) is 0 Å². The molecule has 1 aromatic carbocycles. The van der Waals surface area contributed by atoms with Crippen LogP contribution in [0.4, 0.5) is 4.39 Å². The number of rotatable bonds is 4. The van der Waals surface area contributed by atoms with Crippen molar-refractivity contribution >= 4 is 8.80 Å². The van der Waals surface area contributed by atoms with Crippen LogP contribution in [0.5, 0.6) is 0 Å². The van der Waals surface area contributed by atoms with Gasteiger partial charge in [0.05, 0.1) is 0 Å². The van der Waals surface area contributed by atoms with Gasteiger partial charge < -0.3 is 0 Å². The van der Waals surface area contributed by atoms with Crippen molar-refractivity contribution < 1.29 is 4.39 Å². The monoisotopic (exact) mass is 276 g/mol. The lowest BCUT2D eigenvalue weighted by molar-refractivity contribution is 0.596. The third kappa shape index (κ3) is 4.03. The number of hydrogen-bond acceptors (Lipinski definition) is 0. The van der Waals surface area contributed by atoms with Gasteiger partial charge in [0.2, 0.25) is 0 Å². The molecule has 0 amide bonds. The smallest absolute Gasteiger partial charge is 0.123 e. The van der Waals surface area contributed by atoms with Gasteiger partial charge >= 0.3 is 0 Å². The summed E-state index contributed by atoms with van der Waals surface area (Å²) in [6.07, 6.45) is 8.54. The zero-order valence-corrected chi connectivity index (χ0v) is 13.3. The van der Waals surface area contributed by atoms with E-state index in [-0.39, 0.29) is 5.82 Å². The van der Waals surface area contributed by atoms with Crippen LogP contribution in [0.3, 0.4) is 0 Å². The molecule has 1 saturated heterocycles. The molecule has 1 aliphatic heterocycles. The van der Waals surface area contributed by atoms with E-state index in [0.29, 0.717) is 5.92 Å². The Labute approximate surface area is 118 Å². The molecule has 0 spiro atoms. The van der Waals surface area contributed by atoms with Crippen LogP contribution in [0.2, 0.25) is 17.6 Å². The molecule has 0 nitrogen and oxygen atoms in total. The van der Waals surface area contributed by atoms with Crippen molar-refractivity contribution in [3.63, 3.8) is 0 Å². The van der Waals surface area contributed by atoms with Gasteiger partial charge in [-0.05, 0) is 48.4 Å². The third-order valence-electron chi connectivity index (χ3n) is 4.53. The third-order valence-corrected chi connectivity index (χ3v) is 8.39. The van der Waals surface area contributed by atoms with E-state index in [2.05, 4.69) is 26.0 Å². The van der Waals surface area contributed by atoms with Crippen LogP contribution >= 0.6 is 0 Å². The quantitative estimate of drug-likeness (QED) is 0.518. The molecule has 0 bridgehead atoms. The van der Waals surface area contributed by atoms with Gasteiger partial charge in [-0.2, -0.15) is 0 Å². The number of hydrogen-bond donors (Lipinski definition) is 0. The van der Waals surface area contributed by atoms with Crippen LogP contribution < -0.4 is 0 Å². The Bertz CT molecular complexity index is 402. The molecular formula is C17H25FSi. The highest BCUT2D eigenvalue weighted by Gasteiger charge is 2.25. The van der Waals surface area contributed by atoms with Crippen molar-refractivity contribution in [2.24, 2.45) is 0 Å². The second-order valence-electron chi connectivity index (χ2n) is 5.86. The molecule has 1 unspecified atom stereocenters. The number of allylic oxidation sites excluding steroid dienone is 2. The summed E-state index contributed by atoms with van der Waals surface area (Å²) in [5.41, 5.74) is 2.18. The van der Waals surface area contributed by atoms with E-state index in [1.165, 1.54) is 30.5 Å². The summed E-state index contributed by atoms with van der Waals surface area (Å²) >= 11 is 0. The lowest BCUT2D eigenvalue weighted by atomic mass is 9.93. The van der Waals surface area contributed by atoms with Gasteiger partial charge in [0.1, 0.15) is 5.82 Å². The Morgan fingerprint density at radius 1 is 1.26 bits per heavy atom. The Balaban J connectivity index is 1.88. The molecule has 1 heterocycles. The minimum Gasteiger partial charge on any atom is -0.207 e. The second-order valence-corrected chi connectivity index (χ2v) is 9.59. The van der Waals surface area contributed by atoms with Crippen molar-refractivity contribution in [1.82, 2.24) is 0 Å². The molecule has 2 heteroatoms. The van der Waals surface area contributed by atoms with E-state index in [9.17, 15) is 4.39 Å². The molecule has 0 N–H and O–H groups in total. The van der Waals surface area contributed by atoms with Gasteiger partial charge in [-0.15, -0.1) is 0 Å². The molecule has 0 saturated carbocycles. The minimum atomic E-state index is -0.585.